The highest BCUT2D eigenvalue weighted by atomic mass is 79.9. The van der Waals surface area contributed by atoms with Gasteiger partial charge in [-0.1, -0.05) is 12.1 Å². The van der Waals surface area contributed by atoms with E-state index < -0.39 is 0 Å². The molecule has 0 unspecified atom stereocenters. The molecule has 5 nitrogen and oxygen atoms in total. The van der Waals surface area contributed by atoms with Crippen LogP contribution in [-0.2, 0) is 7.05 Å². The first-order valence-electron chi connectivity index (χ1n) is 7.81. The number of nitrogens with one attached hydrogen (secondary N) is 1. The summed E-state index contributed by atoms with van der Waals surface area (Å²) in [7, 11) is 3.89. The summed E-state index contributed by atoms with van der Waals surface area (Å²) in [5.74, 6) is 0.964. The van der Waals surface area contributed by atoms with Gasteiger partial charge in [0.05, 0.1) is 0 Å². The van der Waals surface area contributed by atoms with Crippen LogP contribution >= 0.6 is 15.9 Å². The average Bonchev–Trinajstić information content (AvgIpc) is 2.54. The Balaban J connectivity index is 1.74. The lowest BCUT2D eigenvalue weighted by Crippen LogP contribution is -2.29. The number of hydrogen-bond acceptors (Lipinski definition) is 4. The number of aromatic nitrogens is 2. The molecule has 1 N–H and O–H groups in total. The van der Waals surface area contributed by atoms with Crippen molar-refractivity contribution in [2.24, 2.45) is 7.05 Å². The quantitative estimate of drug-likeness (QED) is 0.893. The molecule has 1 saturated heterocycles. The Morgan fingerprint density at radius 3 is 2.48 bits per heavy atom. The minimum atomic E-state index is -0.146. The Bertz CT molecular complexity index is 733. The molecule has 3 rings (SSSR count). The van der Waals surface area contributed by atoms with Crippen LogP contribution in [0.15, 0.2) is 39.9 Å². The standard InChI is InChI=1S/C17H21BrN4O/c1-21-9-7-13(8-10-21)12-3-5-14(6-4-12)19-16-17(23)22(2)11-15(18)20-16/h3-6,11,13H,7-10H2,1-2H3,(H,19,20). The van der Waals surface area contributed by atoms with Gasteiger partial charge in [0.15, 0.2) is 5.82 Å². The third-order valence-electron chi connectivity index (χ3n) is 4.41. The van der Waals surface area contributed by atoms with E-state index in [-0.39, 0.29) is 5.56 Å². The summed E-state index contributed by atoms with van der Waals surface area (Å²) < 4.78 is 2.14. The maximum Gasteiger partial charge on any atom is 0.293 e. The van der Waals surface area contributed by atoms with Gasteiger partial charge in [0.2, 0.25) is 0 Å². The number of halogens is 1. The lowest BCUT2D eigenvalue weighted by Gasteiger charge is -2.29. The Morgan fingerprint density at radius 2 is 1.83 bits per heavy atom. The molecule has 0 aliphatic carbocycles. The molecule has 1 aliphatic heterocycles. The fourth-order valence-electron chi connectivity index (χ4n) is 2.97. The average molecular weight is 377 g/mol. The van der Waals surface area contributed by atoms with Crippen molar-refractivity contribution in [2.75, 3.05) is 25.5 Å². The van der Waals surface area contributed by atoms with Crippen molar-refractivity contribution >= 4 is 27.4 Å². The van der Waals surface area contributed by atoms with Gasteiger partial charge in [-0.2, -0.15) is 0 Å². The molecule has 0 atom stereocenters. The van der Waals surface area contributed by atoms with Gasteiger partial charge in [0.1, 0.15) is 4.60 Å². The third kappa shape index (κ3) is 3.82. The molecule has 1 aliphatic rings. The van der Waals surface area contributed by atoms with Gasteiger partial charge in [0, 0.05) is 18.9 Å². The monoisotopic (exact) mass is 376 g/mol. The molecule has 122 valence electrons. The largest absolute Gasteiger partial charge is 0.336 e. The van der Waals surface area contributed by atoms with E-state index in [1.807, 2.05) is 12.1 Å². The first-order valence-corrected chi connectivity index (χ1v) is 8.61. The van der Waals surface area contributed by atoms with E-state index in [0.29, 0.717) is 16.3 Å². The zero-order valence-electron chi connectivity index (χ0n) is 13.4. The van der Waals surface area contributed by atoms with Crippen molar-refractivity contribution in [3.8, 4) is 0 Å². The topological polar surface area (TPSA) is 50.2 Å². The molecule has 0 spiro atoms. The molecule has 6 heteroatoms. The second kappa shape index (κ2) is 6.84. The van der Waals surface area contributed by atoms with Crippen LogP contribution in [0.3, 0.4) is 0 Å². The van der Waals surface area contributed by atoms with Gasteiger partial charge in [0.25, 0.3) is 5.56 Å². The summed E-state index contributed by atoms with van der Waals surface area (Å²) in [6.07, 6.45) is 4.06. The Morgan fingerprint density at radius 1 is 1.17 bits per heavy atom. The fourth-order valence-corrected chi connectivity index (χ4v) is 3.45. The van der Waals surface area contributed by atoms with E-state index in [0.717, 1.165) is 18.8 Å². The number of aryl methyl sites for hydroxylation is 1. The van der Waals surface area contributed by atoms with Crippen LogP contribution in [0.5, 0.6) is 0 Å². The molecule has 1 fully saturated rings. The van der Waals surface area contributed by atoms with Crippen LogP contribution in [0, 0.1) is 0 Å². The zero-order chi connectivity index (χ0) is 16.4. The molecular formula is C17H21BrN4O. The summed E-state index contributed by atoms with van der Waals surface area (Å²) in [6.45, 7) is 2.31. The number of nitrogens with zero attached hydrogens (tertiary/aromatic N) is 3. The summed E-state index contributed by atoms with van der Waals surface area (Å²) in [6, 6.07) is 8.35. The fraction of sp³-hybridized carbons (Fsp3) is 0.412. The molecule has 1 aromatic heterocycles. The van der Waals surface area contributed by atoms with Gasteiger partial charge in [-0.15, -0.1) is 0 Å². The van der Waals surface area contributed by atoms with Crippen molar-refractivity contribution in [3.63, 3.8) is 0 Å². The van der Waals surface area contributed by atoms with E-state index in [4.69, 9.17) is 0 Å². The summed E-state index contributed by atoms with van der Waals surface area (Å²) >= 11 is 3.31. The van der Waals surface area contributed by atoms with Gasteiger partial charge >= 0.3 is 0 Å². The molecule has 23 heavy (non-hydrogen) atoms. The number of likely N-dealkylation sites (tertiary alicyclic amines) is 1. The van der Waals surface area contributed by atoms with Crippen molar-refractivity contribution in [1.29, 1.82) is 0 Å². The summed E-state index contributed by atoms with van der Waals surface area (Å²) in [4.78, 5) is 18.7. The minimum Gasteiger partial charge on any atom is -0.336 e. The van der Waals surface area contributed by atoms with Crippen LogP contribution in [0.25, 0.3) is 0 Å². The molecule has 0 amide bonds. The third-order valence-corrected chi connectivity index (χ3v) is 4.79. The highest BCUT2D eigenvalue weighted by Crippen LogP contribution is 2.28. The van der Waals surface area contributed by atoms with Gasteiger partial charge in [-0.3, -0.25) is 4.79 Å². The number of benzene rings is 1. The van der Waals surface area contributed by atoms with E-state index in [1.54, 1.807) is 13.2 Å². The molecular weight excluding hydrogens is 356 g/mol. The Hall–Kier alpha value is -1.66. The highest BCUT2D eigenvalue weighted by Gasteiger charge is 2.18. The lowest BCUT2D eigenvalue weighted by atomic mass is 9.89. The highest BCUT2D eigenvalue weighted by molar-refractivity contribution is 9.10. The lowest BCUT2D eigenvalue weighted by molar-refractivity contribution is 0.255. The van der Waals surface area contributed by atoms with E-state index >= 15 is 0 Å². The number of hydrogen-bond donors (Lipinski definition) is 1. The van der Waals surface area contributed by atoms with E-state index in [9.17, 15) is 4.79 Å². The number of rotatable bonds is 3. The summed E-state index contributed by atoms with van der Waals surface area (Å²) in [5.41, 5.74) is 2.11. The Kier molecular flexibility index (Phi) is 4.82. The van der Waals surface area contributed by atoms with Crippen LogP contribution in [0.1, 0.15) is 24.3 Å². The first kappa shape index (κ1) is 16.2. The summed E-state index contributed by atoms with van der Waals surface area (Å²) in [5, 5.41) is 3.11. The molecule has 2 aromatic rings. The van der Waals surface area contributed by atoms with E-state index in [2.05, 4.69) is 50.3 Å². The van der Waals surface area contributed by atoms with Crippen LogP contribution < -0.4 is 10.9 Å². The molecule has 2 heterocycles. The zero-order valence-corrected chi connectivity index (χ0v) is 15.0. The second-order valence-corrected chi connectivity index (χ2v) is 6.97. The van der Waals surface area contributed by atoms with Gasteiger partial charge in [-0.25, -0.2) is 4.98 Å². The Labute approximate surface area is 144 Å². The van der Waals surface area contributed by atoms with Crippen molar-refractivity contribution in [2.45, 2.75) is 18.8 Å². The van der Waals surface area contributed by atoms with Crippen LogP contribution in [0.2, 0.25) is 0 Å². The molecule has 0 bridgehead atoms. The second-order valence-electron chi connectivity index (χ2n) is 6.15. The van der Waals surface area contributed by atoms with Gasteiger partial charge < -0.3 is 14.8 Å². The maximum absolute atomic E-state index is 12.1. The predicted molar refractivity (Wildman–Crippen MR) is 96.4 cm³/mol. The maximum atomic E-state index is 12.1. The molecule has 1 aromatic carbocycles. The minimum absolute atomic E-state index is 0.146. The van der Waals surface area contributed by atoms with Crippen molar-refractivity contribution in [3.05, 3.63) is 51.0 Å². The van der Waals surface area contributed by atoms with Crippen LogP contribution in [-0.4, -0.2) is 34.6 Å². The SMILES string of the molecule is CN1CCC(c2ccc(Nc3nc(Br)cn(C)c3=O)cc2)CC1. The number of anilines is 2. The van der Waals surface area contributed by atoms with Crippen molar-refractivity contribution in [1.82, 2.24) is 14.5 Å². The molecule has 0 saturated carbocycles. The normalized spacial score (nSPS) is 16.5. The predicted octanol–water partition coefficient (Wildman–Crippen LogP) is 3.10. The number of piperidine rings is 1. The van der Waals surface area contributed by atoms with Crippen molar-refractivity contribution < 1.29 is 0 Å². The van der Waals surface area contributed by atoms with Gasteiger partial charge in [-0.05, 0) is 72.5 Å². The molecule has 0 radical (unpaired) electrons. The first-order chi connectivity index (χ1) is 11.0. The van der Waals surface area contributed by atoms with Crippen LogP contribution in [0.4, 0.5) is 11.5 Å². The smallest absolute Gasteiger partial charge is 0.293 e. The van der Waals surface area contributed by atoms with E-state index in [1.165, 1.54) is 23.0 Å².